The van der Waals surface area contributed by atoms with Gasteiger partial charge in [-0.1, -0.05) is 6.07 Å². The van der Waals surface area contributed by atoms with E-state index in [1.54, 1.807) is 6.07 Å². The number of phenolic OH excluding ortho intramolecular Hbond substituents is 1. The molecule has 7 N–H and O–H groups in total. The Morgan fingerprint density at radius 1 is 1.23 bits per heavy atom. The van der Waals surface area contributed by atoms with Gasteiger partial charge in [0.15, 0.2) is 11.4 Å². The van der Waals surface area contributed by atoms with Gasteiger partial charge in [-0.25, -0.2) is 13.1 Å². The van der Waals surface area contributed by atoms with Crippen molar-refractivity contribution in [3.8, 4) is 5.75 Å². The standard InChI is InChI=1S/C23H28N2O9S/c1-35(33,34)25-6-2-3-10-4-5-14(26)17-13(10)8-11-7-12-9-15(27)18(22(24)31)21(30)23(12,32)20(29)16(11)19(17)28/h4-5,11-12,15,18,25-28,32H,2-3,6-9H2,1H3,(H2,24,31)/t11-,12+,15?,18?,23+/m1/s1. The van der Waals surface area contributed by atoms with Crippen molar-refractivity contribution in [1.82, 2.24) is 4.72 Å². The quantitative estimate of drug-likeness (QED) is 0.207. The maximum absolute atomic E-state index is 13.5. The molecule has 0 bridgehead atoms. The molecule has 3 aliphatic rings. The van der Waals surface area contributed by atoms with Crippen molar-refractivity contribution in [3.63, 3.8) is 0 Å². The minimum absolute atomic E-state index is 0.0231. The van der Waals surface area contributed by atoms with Crippen LogP contribution in [0.25, 0.3) is 5.76 Å². The van der Waals surface area contributed by atoms with Crippen LogP contribution in [0.5, 0.6) is 5.75 Å². The molecule has 12 heteroatoms. The SMILES string of the molecule is CS(=O)(=O)NCCCc1ccc(O)c2c1C[C@H]1C[C@H]3CC(O)C(C(N)=O)C(=O)[C@@]3(O)C(=O)C1=C2O. The third-order valence-corrected chi connectivity index (χ3v) is 8.08. The number of amides is 1. The van der Waals surface area contributed by atoms with Crippen LogP contribution < -0.4 is 10.5 Å². The van der Waals surface area contributed by atoms with Gasteiger partial charge in [-0.05, 0) is 55.2 Å². The summed E-state index contributed by atoms with van der Waals surface area (Å²) in [6.07, 6.45) is 0.611. The van der Waals surface area contributed by atoms with Crippen molar-refractivity contribution in [3.05, 3.63) is 34.4 Å². The molecule has 11 nitrogen and oxygen atoms in total. The number of ketones is 2. The van der Waals surface area contributed by atoms with E-state index >= 15 is 0 Å². The summed E-state index contributed by atoms with van der Waals surface area (Å²) in [6, 6.07) is 3.02. The van der Waals surface area contributed by atoms with Gasteiger partial charge in [0.05, 0.1) is 17.9 Å². The molecule has 35 heavy (non-hydrogen) atoms. The topological polar surface area (TPSA) is 204 Å². The normalized spacial score (nSPS) is 30.5. The molecule has 2 unspecified atom stereocenters. The van der Waals surface area contributed by atoms with Crippen molar-refractivity contribution in [2.75, 3.05) is 12.8 Å². The molecule has 0 radical (unpaired) electrons. The second kappa shape index (κ2) is 8.70. The number of Topliss-reactive ketones (excluding diaryl/α,β-unsaturated/α-hetero) is 2. The molecular formula is C23H28N2O9S. The number of carbonyl (C=O) groups excluding carboxylic acids is 3. The summed E-state index contributed by atoms with van der Waals surface area (Å²) >= 11 is 0. The van der Waals surface area contributed by atoms with Crippen LogP contribution in [0.3, 0.4) is 0 Å². The Hall–Kier alpha value is -2.80. The highest BCUT2D eigenvalue weighted by Crippen LogP contribution is 2.51. The number of nitrogens with two attached hydrogens (primary N) is 1. The molecule has 1 aromatic rings. The number of primary amides is 1. The van der Waals surface area contributed by atoms with Gasteiger partial charge in [0.1, 0.15) is 17.4 Å². The molecule has 2 fully saturated rings. The first-order chi connectivity index (χ1) is 16.3. The Morgan fingerprint density at radius 2 is 1.91 bits per heavy atom. The van der Waals surface area contributed by atoms with Gasteiger partial charge in [-0.2, -0.15) is 0 Å². The summed E-state index contributed by atoms with van der Waals surface area (Å²) < 4.78 is 25.0. The highest BCUT2D eigenvalue weighted by atomic mass is 32.2. The Morgan fingerprint density at radius 3 is 2.54 bits per heavy atom. The van der Waals surface area contributed by atoms with Crippen molar-refractivity contribution in [2.45, 2.75) is 43.8 Å². The van der Waals surface area contributed by atoms with E-state index in [0.717, 1.165) is 11.8 Å². The smallest absolute Gasteiger partial charge is 0.230 e. The first-order valence-corrected chi connectivity index (χ1v) is 13.2. The minimum atomic E-state index is -3.34. The van der Waals surface area contributed by atoms with E-state index in [0.29, 0.717) is 18.4 Å². The average Bonchev–Trinajstić information content (AvgIpc) is 2.74. The van der Waals surface area contributed by atoms with E-state index in [1.807, 2.05) is 0 Å². The molecule has 1 amide bonds. The summed E-state index contributed by atoms with van der Waals surface area (Å²) in [5.74, 6) is -7.53. The second-order valence-corrected chi connectivity index (χ2v) is 11.4. The Labute approximate surface area is 201 Å². The molecular weight excluding hydrogens is 480 g/mol. The average molecular weight is 509 g/mol. The molecule has 0 saturated heterocycles. The number of fused-ring (bicyclic) bond motifs is 3. The Bertz CT molecular complexity index is 1260. The number of sulfonamides is 1. The Kier molecular flexibility index (Phi) is 6.29. The summed E-state index contributed by atoms with van der Waals surface area (Å²) in [7, 11) is -3.34. The van der Waals surface area contributed by atoms with Gasteiger partial charge in [0.2, 0.25) is 21.7 Å². The fourth-order valence-corrected chi connectivity index (χ4v) is 6.28. The lowest BCUT2D eigenvalue weighted by Gasteiger charge is -2.48. The maximum Gasteiger partial charge on any atom is 0.230 e. The van der Waals surface area contributed by atoms with Crippen molar-refractivity contribution in [2.24, 2.45) is 23.5 Å². The first kappa shape index (κ1) is 25.3. The van der Waals surface area contributed by atoms with Crippen LogP contribution in [0, 0.1) is 17.8 Å². The number of carbonyl (C=O) groups is 3. The highest BCUT2D eigenvalue weighted by molar-refractivity contribution is 7.88. The number of phenols is 1. The summed E-state index contributed by atoms with van der Waals surface area (Å²) in [5.41, 5.74) is 3.79. The van der Waals surface area contributed by atoms with Crippen LogP contribution in [-0.2, 0) is 37.2 Å². The van der Waals surface area contributed by atoms with E-state index < -0.39 is 62.7 Å². The fraction of sp³-hybridized carbons (Fsp3) is 0.522. The second-order valence-electron chi connectivity index (χ2n) is 9.61. The number of aromatic hydroxyl groups is 1. The predicted octanol–water partition coefficient (Wildman–Crippen LogP) is -0.929. The van der Waals surface area contributed by atoms with Crippen LogP contribution in [0.1, 0.15) is 36.0 Å². The molecule has 2 saturated carbocycles. The van der Waals surface area contributed by atoms with Crippen molar-refractivity contribution >= 4 is 33.3 Å². The largest absolute Gasteiger partial charge is 0.507 e. The molecule has 5 atom stereocenters. The number of hydrogen-bond acceptors (Lipinski definition) is 9. The zero-order valence-electron chi connectivity index (χ0n) is 19.0. The van der Waals surface area contributed by atoms with Crippen molar-refractivity contribution < 1.29 is 43.2 Å². The van der Waals surface area contributed by atoms with Gasteiger partial charge in [0.25, 0.3) is 0 Å². The molecule has 0 spiro atoms. The number of aryl methyl sites for hydroxylation is 1. The number of aliphatic hydroxyl groups is 3. The summed E-state index contributed by atoms with van der Waals surface area (Å²) in [6.45, 7) is 0.194. The summed E-state index contributed by atoms with van der Waals surface area (Å²) in [5, 5.41) is 43.1. The lowest BCUT2D eigenvalue weighted by Crippen LogP contribution is -2.66. The van der Waals surface area contributed by atoms with Gasteiger partial charge in [-0.3, -0.25) is 14.4 Å². The van der Waals surface area contributed by atoms with E-state index in [2.05, 4.69) is 4.72 Å². The molecule has 4 rings (SSSR count). The molecule has 190 valence electrons. The minimum Gasteiger partial charge on any atom is -0.507 e. The number of hydrogen-bond donors (Lipinski definition) is 6. The third kappa shape index (κ3) is 4.14. The van der Waals surface area contributed by atoms with Crippen molar-refractivity contribution in [1.29, 1.82) is 0 Å². The number of rotatable bonds is 6. The van der Waals surface area contributed by atoms with Crippen LogP contribution in [0.4, 0.5) is 0 Å². The number of benzene rings is 1. The van der Waals surface area contributed by atoms with Crippen LogP contribution in [0.15, 0.2) is 17.7 Å². The molecule has 3 aliphatic carbocycles. The van der Waals surface area contributed by atoms with Crippen LogP contribution in [-0.4, -0.2) is 70.8 Å². The molecule has 0 aromatic heterocycles. The maximum atomic E-state index is 13.5. The van der Waals surface area contributed by atoms with Crippen LogP contribution in [0.2, 0.25) is 0 Å². The molecule has 0 heterocycles. The highest BCUT2D eigenvalue weighted by Gasteiger charge is 2.63. The summed E-state index contributed by atoms with van der Waals surface area (Å²) in [4.78, 5) is 38.2. The fourth-order valence-electron chi connectivity index (χ4n) is 5.76. The monoisotopic (exact) mass is 508 g/mol. The zero-order valence-corrected chi connectivity index (χ0v) is 19.8. The van der Waals surface area contributed by atoms with Gasteiger partial charge in [0, 0.05) is 18.0 Å². The first-order valence-electron chi connectivity index (χ1n) is 11.3. The molecule has 0 aliphatic heterocycles. The Balaban J connectivity index is 1.72. The predicted molar refractivity (Wildman–Crippen MR) is 122 cm³/mol. The third-order valence-electron chi connectivity index (χ3n) is 7.35. The van der Waals surface area contributed by atoms with Crippen LogP contribution >= 0.6 is 0 Å². The lowest BCUT2D eigenvalue weighted by molar-refractivity contribution is -0.174. The van der Waals surface area contributed by atoms with Gasteiger partial charge >= 0.3 is 0 Å². The van der Waals surface area contributed by atoms with Gasteiger partial charge in [-0.15, -0.1) is 0 Å². The number of nitrogens with one attached hydrogen (secondary N) is 1. The van der Waals surface area contributed by atoms with E-state index in [-0.39, 0.29) is 42.7 Å². The number of aliphatic hydroxyl groups excluding tert-OH is 2. The van der Waals surface area contributed by atoms with E-state index in [4.69, 9.17) is 5.73 Å². The van der Waals surface area contributed by atoms with Gasteiger partial charge < -0.3 is 26.2 Å². The van der Waals surface area contributed by atoms with E-state index in [1.165, 1.54) is 6.07 Å². The lowest BCUT2D eigenvalue weighted by atomic mass is 9.56. The zero-order chi connectivity index (χ0) is 25.9. The molecule has 1 aromatic carbocycles. The van der Waals surface area contributed by atoms with E-state index in [9.17, 15) is 43.2 Å².